The molecule has 0 saturated carbocycles. The van der Waals surface area contributed by atoms with Crippen molar-refractivity contribution in [2.45, 2.75) is 25.6 Å². The molecule has 90 valence electrons. The minimum absolute atomic E-state index is 0.0294. The lowest BCUT2D eigenvalue weighted by atomic mass is 10.2. The van der Waals surface area contributed by atoms with Crippen LogP contribution in [-0.4, -0.2) is 17.8 Å². The first-order chi connectivity index (χ1) is 7.43. The molecule has 0 fully saturated rings. The number of alkyl halides is 3. The van der Waals surface area contributed by atoms with E-state index < -0.39 is 11.7 Å². The highest BCUT2D eigenvalue weighted by molar-refractivity contribution is 5.45. The van der Waals surface area contributed by atoms with E-state index in [4.69, 9.17) is 5.11 Å². The molecule has 0 heterocycles. The van der Waals surface area contributed by atoms with Crippen LogP contribution in [0.2, 0.25) is 0 Å². The second kappa shape index (κ2) is 5.21. The van der Waals surface area contributed by atoms with E-state index in [1.807, 2.05) is 6.92 Å². The molecule has 0 aliphatic carbocycles. The predicted molar refractivity (Wildman–Crippen MR) is 56.2 cm³/mol. The Morgan fingerprint density at radius 3 is 2.25 bits per heavy atom. The van der Waals surface area contributed by atoms with Crippen LogP contribution in [0.4, 0.5) is 18.9 Å². The normalized spacial score (nSPS) is 13.6. The molecule has 16 heavy (non-hydrogen) atoms. The Bertz CT molecular complexity index is 321. The Labute approximate surface area is 92.1 Å². The van der Waals surface area contributed by atoms with Gasteiger partial charge in [-0.05, 0) is 37.6 Å². The highest BCUT2D eigenvalue weighted by Crippen LogP contribution is 2.29. The van der Waals surface area contributed by atoms with Crippen molar-refractivity contribution in [2.24, 2.45) is 0 Å². The molecular weight excluding hydrogens is 219 g/mol. The van der Waals surface area contributed by atoms with E-state index in [-0.39, 0.29) is 12.6 Å². The molecule has 5 heteroatoms. The highest BCUT2D eigenvalue weighted by atomic mass is 19.4. The van der Waals surface area contributed by atoms with Crippen molar-refractivity contribution in [3.63, 3.8) is 0 Å². The fourth-order valence-corrected chi connectivity index (χ4v) is 1.31. The third kappa shape index (κ3) is 3.73. The third-order valence-corrected chi connectivity index (χ3v) is 2.19. The predicted octanol–water partition coefficient (Wildman–Crippen LogP) is 2.89. The fourth-order valence-electron chi connectivity index (χ4n) is 1.31. The molecule has 2 nitrogen and oxygen atoms in total. The molecular formula is C11H14F3NO. The summed E-state index contributed by atoms with van der Waals surface area (Å²) in [6, 6.07) is 4.87. The van der Waals surface area contributed by atoms with E-state index in [1.54, 1.807) is 0 Å². The minimum atomic E-state index is -4.30. The van der Waals surface area contributed by atoms with Gasteiger partial charge in [0.25, 0.3) is 0 Å². The molecule has 0 amide bonds. The summed E-state index contributed by atoms with van der Waals surface area (Å²) in [7, 11) is 0. The van der Waals surface area contributed by atoms with Gasteiger partial charge in [0.2, 0.25) is 0 Å². The van der Waals surface area contributed by atoms with Crippen molar-refractivity contribution in [2.75, 3.05) is 11.9 Å². The smallest absolute Gasteiger partial charge is 0.396 e. The zero-order valence-corrected chi connectivity index (χ0v) is 8.88. The Morgan fingerprint density at radius 1 is 1.25 bits per heavy atom. The lowest BCUT2D eigenvalue weighted by molar-refractivity contribution is -0.137. The first-order valence-electron chi connectivity index (χ1n) is 4.98. The third-order valence-electron chi connectivity index (χ3n) is 2.19. The Balaban J connectivity index is 2.65. The monoisotopic (exact) mass is 233 g/mol. The highest BCUT2D eigenvalue weighted by Gasteiger charge is 2.29. The van der Waals surface area contributed by atoms with Gasteiger partial charge in [-0.15, -0.1) is 0 Å². The summed E-state index contributed by atoms with van der Waals surface area (Å²) in [5, 5.41) is 11.7. The quantitative estimate of drug-likeness (QED) is 0.838. The summed E-state index contributed by atoms with van der Waals surface area (Å²) in [5.41, 5.74) is -0.0400. The standard InChI is InChI=1S/C11H14F3NO/c1-8(6-7-16)15-10-4-2-9(3-5-10)11(12,13)14/h2-5,8,15-16H,6-7H2,1H3. The number of rotatable bonds is 4. The molecule has 1 unspecified atom stereocenters. The van der Waals surface area contributed by atoms with Crippen LogP contribution in [0.15, 0.2) is 24.3 Å². The van der Waals surface area contributed by atoms with E-state index in [2.05, 4.69) is 5.32 Å². The maximum atomic E-state index is 12.2. The molecule has 1 rings (SSSR count). The molecule has 0 spiro atoms. The van der Waals surface area contributed by atoms with E-state index in [0.29, 0.717) is 12.1 Å². The van der Waals surface area contributed by atoms with Crippen molar-refractivity contribution in [3.05, 3.63) is 29.8 Å². The fraction of sp³-hybridized carbons (Fsp3) is 0.455. The number of anilines is 1. The van der Waals surface area contributed by atoms with Gasteiger partial charge in [0, 0.05) is 18.3 Å². The average Bonchev–Trinajstić information content (AvgIpc) is 2.17. The van der Waals surface area contributed by atoms with Crippen LogP contribution in [0.5, 0.6) is 0 Å². The van der Waals surface area contributed by atoms with Crippen LogP contribution in [0.1, 0.15) is 18.9 Å². The number of hydrogen-bond acceptors (Lipinski definition) is 2. The topological polar surface area (TPSA) is 32.3 Å². The average molecular weight is 233 g/mol. The Kier molecular flexibility index (Phi) is 4.18. The Hall–Kier alpha value is -1.23. The van der Waals surface area contributed by atoms with Crippen molar-refractivity contribution < 1.29 is 18.3 Å². The van der Waals surface area contributed by atoms with E-state index in [9.17, 15) is 13.2 Å². The molecule has 0 aromatic heterocycles. The molecule has 1 aromatic carbocycles. The van der Waals surface area contributed by atoms with Crippen molar-refractivity contribution in [1.29, 1.82) is 0 Å². The zero-order chi connectivity index (χ0) is 12.2. The molecule has 0 bridgehead atoms. The number of benzene rings is 1. The molecule has 0 aliphatic rings. The van der Waals surface area contributed by atoms with Gasteiger partial charge in [-0.25, -0.2) is 0 Å². The van der Waals surface area contributed by atoms with Gasteiger partial charge in [0.1, 0.15) is 0 Å². The van der Waals surface area contributed by atoms with E-state index in [1.165, 1.54) is 12.1 Å². The minimum Gasteiger partial charge on any atom is -0.396 e. The molecule has 2 N–H and O–H groups in total. The summed E-state index contributed by atoms with van der Waals surface area (Å²) < 4.78 is 36.7. The Morgan fingerprint density at radius 2 is 1.81 bits per heavy atom. The van der Waals surface area contributed by atoms with Gasteiger partial charge in [0.15, 0.2) is 0 Å². The van der Waals surface area contributed by atoms with Gasteiger partial charge >= 0.3 is 6.18 Å². The van der Waals surface area contributed by atoms with E-state index in [0.717, 1.165) is 12.1 Å². The summed E-state index contributed by atoms with van der Waals surface area (Å²) >= 11 is 0. The lowest BCUT2D eigenvalue weighted by Gasteiger charge is -2.14. The van der Waals surface area contributed by atoms with E-state index >= 15 is 0 Å². The second-order valence-electron chi connectivity index (χ2n) is 3.63. The number of aliphatic hydroxyl groups excluding tert-OH is 1. The van der Waals surface area contributed by atoms with Crippen molar-refractivity contribution >= 4 is 5.69 Å². The number of halogens is 3. The van der Waals surface area contributed by atoms with Crippen LogP contribution >= 0.6 is 0 Å². The lowest BCUT2D eigenvalue weighted by Crippen LogP contribution is -2.16. The summed E-state index contributed by atoms with van der Waals surface area (Å²) in [5.74, 6) is 0. The zero-order valence-electron chi connectivity index (χ0n) is 8.88. The molecule has 0 radical (unpaired) electrons. The van der Waals surface area contributed by atoms with Crippen LogP contribution in [0.25, 0.3) is 0 Å². The molecule has 0 aliphatic heterocycles. The first kappa shape index (κ1) is 12.8. The first-order valence-corrected chi connectivity index (χ1v) is 4.98. The van der Waals surface area contributed by atoms with Gasteiger partial charge in [0.05, 0.1) is 5.56 Å². The van der Waals surface area contributed by atoms with Gasteiger partial charge < -0.3 is 10.4 Å². The summed E-state index contributed by atoms with van der Waals surface area (Å²) in [6.45, 7) is 1.91. The molecule has 0 saturated heterocycles. The van der Waals surface area contributed by atoms with Crippen molar-refractivity contribution in [3.8, 4) is 0 Å². The number of aliphatic hydroxyl groups is 1. The molecule has 1 aromatic rings. The van der Waals surface area contributed by atoms with Gasteiger partial charge in [-0.2, -0.15) is 13.2 Å². The maximum absolute atomic E-state index is 12.2. The summed E-state index contributed by atoms with van der Waals surface area (Å²) in [6.07, 6.45) is -3.74. The van der Waals surface area contributed by atoms with Gasteiger partial charge in [-0.3, -0.25) is 0 Å². The SMILES string of the molecule is CC(CCO)Nc1ccc(C(F)(F)F)cc1. The van der Waals surface area contributed by atoms with Crippen LogP contribution in [0, 0.1) is 0 Å². The largest absolute Gasteiger partial charge is 0.416 e. The molecule has 1 atom stereocenters. The second-order valence-corrected chi connectivity index (χ2v) is 3.63. The van der Waals surface area contributed by atoms with Crippen molar-refractivity contribution in [1.82, 2.24) is 0 Å². The van der Waals surface area contributed by atoms with Crippen LogP contribution in [0.3, 0.4) is 0 Å². The van der Waals surface area contributed by atoms with Crippen LogP contribution in [-0.2, 0) is 6.18 Å². The summed E-state index contributed by atoms with van der Waals surface area (Å²) in [4.78, 5) is 0. The maximum Gasteiger partial charge on any atom is 0.416 e. The van der Waals surface area contributed by atoms with Crippen LogP contribution < -0.4 is 5.32 Å². The van der Waals surface area contributed by atoms with Gasteiger partial charge in [-0.1, -0.05) is 0 Å². The number of hydrogen-bond donors (Lipinski definition) is 2. The number of nitrogens with one attached hydrogen (secondary N) is 1.